The Morgan fingerprint density at radius 2 is 1.81 bits per heavy atom. The van der Waals surface area contributed by atoms with Crippen molar-refractivity contribution in [2.24, 2.45) is 0 Å². The van der Waals surface area contributed by atoms with E-state index in [2.05, 4.69) is 5.32 Å². The maximum absolute atomic E-state index is 13.3. The van der Waals surface area contributed by atoms with Gasteiger partial charge in [-0.05, 0) is 56.4 Å². The summed E-state index contributed by atoms with van der Waals surface area (Å²) in [5, 5.41) is 12.6. The summed E-state index contributed by atoms with van der Waals surface area (Å²) >= 11 is 0. The summed E-state index contributed by atoms with van der Waals surface area (Å²) < 4.78 is 5.60. The molecule has 6 heteroatoms. The van der Waals surface area contributed by atoms with E-state index in [0.29, 0.717) is 16.8 Å². The summed E-state index contributed by atoms with van der Waals surface area (Å²) in [4.78, 5) is 30.7. The van der Waals surface area contributed by atoms with Gasteiger partial charge in [0.05, 0.1) is 22.3 Å². The van der Waals surface area contributed by atoms with E-state index >= 15 is 0 Å². The second-order valence-electron chi connectivity index (χ2n) is 7.68. The molecule has 0 saturated heterocycles. The van der Waals surface area contributed by atoms with E-state index in [9.17, 15) is 14.9 Å². The third-order valence-corrected chi connectivity index (χ3v) is 5.58. The van der Waals surface area contributed by atoms with Gasteiger partial charge >= 0.3 is 5.97 Å². The van der Waals surface area contributed by atoms with Crippen molar-refractivity contribution >= 4 is 28.5 Å². The summed E-state index contributed by atoms with van der Waals surface area (Å²) in [6.07, 6.45) is 3.72. The van der Waals surface area contributed by atoms with Crippen LogP contribution in [0.15, 0.2) is 48.5 Å². The second kappa shape index (κ2) is 8.97. The molecule has 6 nitrogen and oxygen atoms in total. The Bertz CT molecular complexity index is 1200. The molecule has 0 fully saturated rings. The molecule has 0 bridgehead atoms. The van der Waals surface area contributed by atoms with Crippen molar-refractivity contribution in [3.8, 4) is 6.07 Å². The van der Waals surface area contributed by atoms with E-state index in [0.717, 1.165) is 54.3 Å². The summed E-state index contributed by atoms with van der Waals surface area (Å²) in [5.41, 5.74) is 3.89. The fraction of sp³-hybridized carbons (Fsp3) is 0.280. The van der Waals surface area contributed by atoms with Crippen LogP contribution in [0.3, 0.4) is 0 Å². The molecule has 156 valence electrons. The van der Waals surface area contributed by atoms with Crippen LogP contribution in [0.5, 0.6) is 0 Å². The number of hydrogen-bond acceptors (Lipinski definition) is 5. The molecular formula is C25H23N3O3. The first-order chi connectivity index (χ1) is 15.1. The van der Waals surface area contributed by atoms with Gasteiger partial charge in [-0.25, -0.2) is 4.79 Å². The average Bonchev–Trinajstić information content (AvgIpc) is 3.02. The van der Waals surface area contributed by atoms with Crippen molar-refractivity contribution in [2.75, 3.05) is 5.32 Å². The van der Waals surface area contributed by atoms with Crippen molar-refractivity contribution in [1.29, 1.82) is 5.26 Å². The van der Waals surface area contributed by atoms with Crippen LogP contribution in [-0.4, -0.2) is 23.0 Å². The van der Waals surface area contributed by atoms with Crippen LogP contribution < -0.4 is 5.32 Å². The number of hydrogen-bond donors (Lipinski definition) is 1. The minimum absolute atomic E-state index is 0.347. The Balaban J connectivity index is 1.62. The molecule has 1 aliphatic rings. The number of amides is 1. The van der Waals surface area contributed by atoms with Crippen LogP contribution in [0, 0.1) is 11.3 Å². The van der Waals surface area contributed by atoms with Crippen LogP contribution in [0.25, 0.3) is 10.9 Å². The minimum atomic E-state index is -1.02. The van der Waals surface area contributed by atoms with E-state index < -0.39 is 18.0 Å². The van der Waals surface area contributed by atoms with E-state index in [-0.39, 0.29) is 0 Å². The van der Waals surface area contributed by atoms with Gasteiger partial charge in [0.2, 0.25) is 0 Å². The molecule has 1 aliphatic carbocycles. The first kappa shape index (κ1) is 20.5. The number of nitriles is 1. The SMILES string of the molecule is C[C@H](OC(=O)c1c2c(nc3ccccc13)CCCCC2)C(=O)Nc1ccccc1C#N. The number of aromatic nitrogens is 1. The van der Waals surface area contributed by atoms with Gasteiger partial charge in [-0.3, -0.25) is 9.78 Å². The molecule has 1 atom stereocenters. The summed E-state index contributed by atoms with van der Waals surface area (Å²) in [6, 6.07) is 16.3. The second-order valence-corrected chi connectivity index (χ2v) is 7.68. The maximum atomic E-state index is 13.3. The molecule has 0 aliphatic heterocycles. The monoisotopic (exact) mass is 413 g/mol. The van der Waals surface area contributed by atoms with Gasteiger partial charge in [0, 0.05) is 11.1 Å². The molecule has 0 radical (unpaired) electrons. The molecule has 1 heterocycles. The first-order valence-electron chi connectivity index (χ1n) is 10.5. The van der Waals surface area contributed by atoms with Crippen molar-refractivity contribution in [1.82, 2.24) is 4.98 Å². The van der Waals surface area contributed by atoms with Gasteiger partial charge in [-0.15, -0.1) is 0 Å². The molecule has 2 aromatic carbocycles. The summed E-state index contributed by atoms with van der Waals surface area (Å²) in [5.74, 6) is -1.01. The Morgan fingerprint density at radius 3 is 2.65 bits per heavy atom. The molecule has 0 unspecified atom stereocenters. The molecule has 3 aromatic rings. The Hall–Kier alpha value is -3.72. The zero-order valence-electron chi connectivity index (χ0n) is 17.4. The number of fused-ring (bicyclic) bond motifs is 2. The predicted molar refractivity (Wildman–Crippen MR) is 118 cm³/mol. The Morgan fingerprint density at radius 1 is 1.06 bits per heavy atom. The lowest BCUT2D eigenvalue weighted by Gasteiger charge is -2.18. The average molecular weight is 413 g/mol. The van der Waals surface area contributed by atoms with Crippen LogP contribution in [0.2, 0.25) is 0 Å². The molecule has 1 N–H and O–H groups in total. The van der Waals surface area contributed by atoms with Gasteiger partial charge in [0.25, 0.3) is 5.91 Å². The third-order valence-electron chi connectivity index (χ3n) is 5.58. The Labute approximate surface area is 180 Å². The highest BCUT2D eigenvalue weighted by Crippen LogP contribution is 2.29. The molecule has 1 aromatic heterocycles. The first-order valence-corrected chi connectivity index (χ1v) is 10.5. The largest absolute Gasteiger partial charge is 0.449 e. The van der Waals surface area contributed by atoms with Crippen LogP contribution in [0.4, 0.5) is 5.69 Å². The number of anilines is 1. The number of benzene rings is 2. The topological polar surface area (TPSA) is 92.1 Å². The van der Waals surface area contributed by atoms with Gasteiger partial charge in [0.1, 0.15) is 6.07 Å². The normalized spacial score (nSPS) is 14.1. The van der Waals surface area contributed by atoms with Gasteiger partial charge in [-0.1, -0.05) is 36.8 Å². The zero-order chi connectivity index (χ0) is 21.8. The third kappa shape index (κ3) is 4.26. The van der Waals surface area contributed by atoms with Crippen molar-refractivity contribution in [2.45, 2.75) is 45.1 Å². The maximum Gasteiger partial charge on any atom is 0.339 e. The minimum Gasteiger partial charge on any atom is -0.449 e. The summed E-state index contributed by atoms with van der Waals surface area (Å²) in [6.45, 7) is 1.53. The van der Waals surface area contributed by atoms with E-state index in [4.69, 9.17) is 9.72 Å². The highest BCUT2D eigenvalue weighted by molar-refractivity contribution is 6.06. The number of rotatable bonds is 4. The number of nitrogens with zero attached hydrogens (tertiary/aromatic N) is 2. The number of para-hydroxylation sites is 2. The number of aryl methyl sites for hydroxylation is 1. The number of nitrogens with one attached hydrogen (secondary N) is 1. The van der Waals surface area contributed by atoms with E-state index in [1.807, 2.05) is 30.3 Å². The lowest BCUT2D eigenvalue weighted by molar-refractivity contribution is -0.123. The number of carbonyl (C=O) groups is 2. The lowest BCUT2D eigenvalue weighted by Crippen LogP contribution is -2.30. The van der Waals surface area contributed by atoms with Crippen LogP contribution in [-0.2, 0) is 22.4 Å². The molecule has 0 spiro atoms. The van der Waals surface area contributed by atoms with E-state index in [1.54, 1.807) is 24.3 Å². The van der Waals surface area contributed by atoms with Gasteiger partial charge in [0.15, 0.2) is 6.10 Å². The molecular weight excluding hydrogens is 390 g/mol. The highest BCUT2D eigenvalue weighted by Gasteiger charge is 2.26. The quantitative estimate of drug-likeness (QED) is 0.500. The molecule has 0 saturated carbocycles. The fourth-order valence-electron chi connectivity index (χ4n) is 3.98. The zero-order valence-corrected chi connectivity index (χ0v) is 17.4. The van der Waals surface area contributed by atoms with Crippen LogP contribution in [0.1, 0.15) is 53.4 Å². The smallest absolute Gasteiger partial charge is 0.339 e. The van der Waals surface area contributed by atoms with Crippen molar-refractivity contribution in [3.05, 3.63) is 70.9 Å². The van der Waals surface area contributed by atoms with Crippen molar-refractivity contribution in [3.63, 3.8) is 0 Å². The van der Waals surface area contributed by atoms with Crippen molar-refractivity contribution < 1.29 is 14.3 Å². The summed E-state index contributed by atoms with van der Waals surface area (Å²) in [7, 11) is 0. The lowest BCUT2D eigenvalue weighted by atomic mass is 9.97. The standard InChI is InChI=1S/C25H23N3O3/c1-16(24(29)28-20-12-7-5-9-17(20)15-26)31-25(30)23-18-10-3-2-4-13-21(18)27-22-14-8-6-11-19(22)23/h5-9,11-12,14,16H,2-4,10,13H2,1H3,(H,28,29)/t16-/m0/s1. The molecule has 4 rings (SSSR count). The van der Waals surface area contributed by atoms with Gasteiger partial charge in [-0.2, -0.15) is 5.26 Å². The molecule has 1 amide bonds. The molecule has 31 heavy (non-hydrogen) atoms. The van der Waals surface area contributed by atoms with Gasteiger partial charge < -0.3 is 10.1 Å². The predicted octanol–water partition coefficient (Wildman–Crippen LogP) is 4.56. The van der Waals surface area contributed by atoms with Crippen LogP contribution >= 0.6 is 0 Å². The highest BCUT2D eigenvalue weighted by atomic mass is 16.5. The van der Waals surface area contributed by atoms with E-state index in [1.165, 1.54) is 6.92 Å². The number of ether oxygens (including phenoxy) is 1. The number of pyridine rings is 1. The Kier molecular flexibility index (Phi) is 5.94. The number of carbonyl (C=O) groups excluding carboxylic acids is 2. The number of esters is 1. The fourth-order valence-corrected chi connectivity index (χ4v) is 3.98.